The second-order valence-electron chi connectivity index (χ2n) is 7.51. The Labute approximate surface area is 194 Å². The molecule has 0 unspecified atom stereocenters. The summed E-state index contributed by atoms with van der Waals surface area (Å²) in [5.74, 6) is -3.17. The zero-order chi connectivity index (χ0) is 24.3. The highest BCUT2D eigenvalue weighted by atomic mass is 35.5. The van der Waals surface area contributed by atoms with Gasteiger partial charge in [0.2, 0.25) is 10.0 Å². The van der Waals surface area contributed by atoms with Crippen LogP contribution in [0.25, 0.3) is 0 Å². The largest absolute Gasteiger partial charge is 0.461 e. The van der Waals surface area contributed by atoms with Crippen molar-refractivity contribution in [2.45, 2.75) is 36.9 Å². The van der Waals surface area contributed by atoms with Crippen LogP contribution in [0, 0.1) is 11.6 Å². The third-order valence-corrected chi connectivity index (χ3v) is 7.10. The second-order valence-corrected chi connectivity index (χ2v) is 9.83. The summed E-state index contributed by atoms with van der Waals surface area (Å²) in [5, 5.41) is 12.3. The standard InChI is InChI=1S/C21H21ClF2N2O6S/c1-12(27)32-16-5-4-15(28)10-26(11-16)33(30,31)20-8-13(2-6-19(20)24)21(29)25-14-3-7-18(23)17(22)9-14/h2-3,6-9,15-16,28H,4-5,10-11H2,1H3,(H,25,29)/t15-,16+/m0/s1. The maximum absolute atomic E-state index is 14.6. The number of carbonyl (C=O) groups excluding carboxylic acids is 2. The number of aliphatic hydroxyl groups is 1. The van der Waals surface area contributed by atoms with Gasteiger partial charge in [-0.2, -0.15) is 4.31 Å². The maximum atomic E-state index is 14.6. The van der Waals surface area contributed by atoms with Gasteiger partial charge in [-0.3, -0.25) is 9.59 Å². The Morgan fingerprint density at radius 1 is 1.12 bits per heavy atom. The van der Waals surface area contributed by atoms with Crippen molar-refractivity contribution in [3.05, 3.63) is 58.6 Å². The molecule has 2 N–H and O–H groups in total. The highest BCUT2D eigenvalue weighted by Crippen LogP contribution is 2.26. The van der Waals surface area contributed by atoms with Gasteiger partial charge in [0.15, 0.2) is 0 Å². The number of hydrogen-bond donors (Lipinski definition) is 2. The topological polar surface area (TPSA) is 113 Å². The van der Waals surface area contributed by atoms with Gasteiger partial charge in [-0.15, -0.1) is 0 Å². The molecule has 33 heavy (non-hydrogen) atoms. The van der Waals surface area contributed by atoms with Crippen molar-refractivity contribution < 1.29 is 36.6 Å². The van der Waals surface area contributed by atoms with Crippen molar-refractivity contribution in [1.29, 1.82) is 0 Å². The van der Waals surface area contributed by atoms with E-state index in [-0.39, 0.29) is 42.2 Å². The average molecular weight is 503 g/mol. The number of ether oxygens (including phenoxy) is 1. The number of nitrogens with zero attached hydrogens (tertiary/aromatic N) is 1. The van der Waals surface area contributed by atoms with E-state index >= 15 is 0 Å². The molecule has 1 fully saturated rings. The normalized spacial score (nSPS) is 19.5. The van der Waals surface area contributed by atoms with E-state index in [4.69, 9.17) is 16.3 Å². The van der Waals surface area contributed by atoms with Gasteiger partial charge in [0.05, 0.1) is 17.7 Å². The molecule has 0 aromatic heterocycles. The van der Waals surface area contributed by atoms with Crippen molar-refractivity contribution in [3.8, 4) is 0 Å². The summed E-state index contributed by atoms with van der Waals surface area (Å²) in [6.45, 7) is 0.573. The Hall–Kier alpha value is -2.60. The monoisotopic (exact) mass is 502 g/mol. The molecule has 0 radical (unpaired) electrons. The van der Waals surface area contributed by atoms with Crippen LogP contribution < -0.4 is 5.32 Å². The highest BCUT2D eigenvalue weighted by Gasteiger charge is 2.35. The lowest BCUT2D eigenvalue weighted by atomic mass is 10.1. The first-order valence-electron chi connectivity index (χ1n) is 9.88. The lowest BCUT2D eigenvalue weighted by Gasteiger charge is -2.24. The number of benzene rings is 2. The van der Waals surface area contributed by atoms with Crippen molar-refractivity contribution in [3.63, 3.8) is 0 Å². The highest BCUT2D eigenvalue weighted by molar-refractivity contribution is 7.89. The summed E-state index contributed by atoms with van der Waals surface area (Å²) in [6.07, 6.45) is -1.43. The number of esters is 1. The predicted octanol–water partition coefficient (Wildman–Crippen LogP) is 2.95. The van der Waals surface area contributed by atoms with E-state index < -0.39 is 50.6 Å². The molecule has 0 bridgehead atoms. The SMILES string of the molecule is CC(=O)O[C@@H]1CC[C@H](O)CN(S(=O)(=O)c2cc(C(=O)Nc3ccc(F)c(Cl)c3)ccc2F)C1. The molecule has 1 heterocycles. The van der Waals surface area contributed by atoms with Crippen molar-refractivity contribution in [1.82, 2.24) is 4.31 Å². The lowest BCUT2D eigenvalue weighted by Crippen LogP contribution is -2.40. The fourth-order valence-corrected chi connectivity index (χ4v) is 5.16. The maximum Gasteiger partial charge on any atom is 0.302 e. The van der Waals surface area contributed by atoms with Crippen molar-refractivity contribution in [2.24, 2.45) is 0 Å². The number of anilines is 1. The van der Waals surface area contributed by atoms with Crippen LogP contribution in [0.15, 0.2) is 41.3 Å². The third-order valence-electron chi connectivity index (χ3n) is 4.96. The van der Waals surface area contributed by atoms with E-state index in [0.717, 1.165) is 28.6 Å². The van der Waals surface area contributed by atoms with Crippen LogP contribution >= 0.6 is 11.6 Å². The average Bonchev–Trinajstić information content (AvgIpc) is 2.92. The molecule has 2 atom stereocenters. The van der Waals surface area contributed by atoms with Gasteiger partial charge >= 0.3 is 5.97 Å². The third kappa shape index (κ3) is 6.05. The minimum absolute atomic E-state index is 0.153. The van der Waals surface area contributed by atoms with E-state index in [0.29, 0.717) is 0 Å². The number of halogens is 3. The summed E-state index contributed by atoms with van der Waals surface area (Å²) >= 11 is 5.69. The Morgan fingerprint density at radius 2 is 1.82 bits per heavy atom. The molecule has 2 aromatic rings. The van der Waals surface area contributed by atoms with E-state index in [9.17, 15) is 31.9 Å². The van der Waals surface area contributed by atoms with Gasteiger partial charge in [0, 0.05) is 24.7 Å². The smallest absolute Gasteiger partial charge is 0.302 e. The molecular weight excluding hydrogens is 482 g/mol. The summed E-state index contributed by atoms with van der Waals surface area (Å²) in [5.41, 5.74) is -0.0256. The molecule has 0 saturated carbocycles. The fraction of sp³-hybridized carbons (Fsp3) is 0.333. The number of aliphatic hydroxyl groups excluding tert-OH is 1. The van der Waals surface area contributed by atoms with E-state index in [1.165, 1.54) is 19.1 Å². The minimum atomic E-state index is -4.50. The van der Waals surface area contributed by atoms with E-state index in [2.05, 4.69) is 5.32 Å². The number of nitrogens with one attached hydrogen (secondary N) is 1. The summed E-state index contributed by atoms with van der Waals surface area (Å²) < 4.78 is 60.2. The van der Waals surface area contributed by atoms with Crippen molar-refractivity contribution in [2.75, 3.05) is 18.4 Å². The number of amides is 1. The summed E-state index contributed by atoms with van der Waals surface area (Å²) in [7, 11) is -4.50. The fourth-order valence-electron chi connectivity index (χ4n) is 3.38. The first kappa shape index (κ1) is 25.0. The zero-order valence-electron chi connectivity index (χ0n) is 17.4. The number of hydrogen-bond acceptors (Lipinski definition) is 6. The molecule has 0 aliphatic carbocycles. The molecular formula is C21H21ClF2N2O6S. The molecule has 178 valence electrons. The number of sulfonamides is 1. The Morgan fingerprint density at radius 3 is 2.48 bits per heavy atom. The number of β-amino-alcohol motifs (C(OH)–C–C–N with tert-alkyl or cyclic N) is 1. The Balaban J connectivity index is 1.89. The zero-order valence-corrected chi connectivity index (χ0v) is 19.0. The van der Waals surface area contributed by atoms with Crippen LogP contribution in [-0.2, 0) is 19.6 Å². The molecule has 8 nitrogen and oxygen atoms in total. The van der Waals surface area contributed by atoms with Gasteiger partial charge in [-0.25, -0.2) is 17.2 Å². The number of carbonyl (C=O) groups is 2. The molecule has 1 aliphatic heterocycles. The first-order valence-corrected chi connectivity index (χ1v) is 11.7. The molecule has 3 rings (SSSR count). The van der Waals surface area contributed by atoms with E-state index in [1.54, 1.807) is 0 Å². The van der Waals surface area contributed by atoms with Gasteiger partial charge in [-0.1, -0.05) is 11.6 Å². The summed E-state index contributed by atoms with van der Waals surface area (Å²) in [6, 6.07) is 6.26. The van der Waals surface area contributed by atoms with Crippen LogP contribution in [0.4, 0.5) is 14.5 Å². The Bertz CT molecular complexity index is 1180. The van der Waals surface area contributed by atoms with Gasteiger partial charge in [-0.05, 0) is 49.2 Å². The molecule has 12 heteroatoms. The first-order chi connectivity index (χ1) is 15.5. The minimum Gasteiger partial charge on any atom is -0.461 e. The van der Waals surface area contributed by atoms with Gasteiger partial charge < -0.3 is 15.2 Å². The molecule has 1 aliphatic rings. The van der Waals surface area contributed by atoms with Crippen LogP contribution in [0.5, 0.6) is 0 Å². The number of rotatable bonds is 5. The van der Waals surface area contributed by atoms with Gasteiger partial charge in [0.25, 0.3) is 5.91 Å². The molecule has 1 amide bonds. The molecule has 2 aromatic carbocycles. The van der Waals surface area contributed by atoms with Crippen LogP contribution in [-0.4, -0.2) is 55.0 Å². The second kappa shape index (κ2) is 10.1. The molecule has 1 saturated heterocycles. The van der Waals surface area contributed by atoms with Crippen LogP contribution in [0.3, 0.4) is 0 Å². The van der Waals surface area contributed by atoms with Gasteiger partial charge in [0.1, 0.15) is 22.6 Å². The molecule has 0 spiro atoms. The summed E-state index contributed by atoms with van der Waals surface area (Å²) in [4.78, 5) is 23.1. The Kier molecular flexibility index (Phi) is 7.68. The van der Waals surface area contributed by atoms with Crippen LogP contribution in [0.1, 0.15) is 30.1 Å². The quantitative estimate of drug-likeness (QED) is 0.608. The predicted molar refractivity (Wildman–Crippen MR) is 115 cm³/mol. The van der Waals surface area contributed by atoms with Crippen LogP contribution in [0.2, 0.25) is 5.02 Å². The van der Waals surface area contributed by atoms with E-state index in [1.807, 2.05) is 0 Å². The lowest BCUT2D eigenvalue weighted by molar-refractivity contribution is -0.146. The van der Waals surface area contributed by atoms with Crippen molar-refractivity contribution >= 4 is 39.2 Å².